The summed E-state index contributed by atoms with van der Waals surface area (Å²) in [7, 11) is 0. The molecule has 29 nitrogen and oxygen atoms in total. The van der Waals surface area contributed by atoms with Crippen molar-refractivity contribution < 1.29 is 139 Å². The molecule has 374 valence electrons. The first-order valence-corrected chi connectivity index (χ1v) is 20.2. The fraction of sp³-hybridized carbons (Fsp3) is 0.971. The lowest BCUT2D eigenvalue weighted by Gasteiger charge is -2.48. The molecule has 29 heteroatoms. The molecule has 0 aromatic carbocycles. The van der Waals surface area contributed by atoms with Crippen LogP contribution in [0.4, 0.5) is 0 Å². The Labute approximate surface area is 362 Å². The molecule has 0 spiro atoms. The van der Waals surface area contributed by atoms with Gasteiger partial charge < -0.3 is 140 Å². The summed E-state index contributed by atoms with van der Waals surface area (Å²) in [6.07, 6.45) is -42.2. The van der Waals surface area contributed by atoms with Crippen molar-refractivity contribution in [2.45, 2.75) is 166 Å². The Balaban J connectivity index is 1.25. The van der Waals surface area contributed by atoms with Crippen LogP contribution in [0.2, 0.25) is 0 Å². The number of ether oxygens (including phenoxy) is 9. The number of hydrogen-bond acceptors (Lipinski definition) is 28. The van der Waals surface area contributed by atoms with Gasteiger partial charge in [-0.15, -0.1) is 0 Å². The van der Waals surface area contributed by atoms with Crippen molar-refractivity contribution in [3.63, 3.8) is 0 Å². The molecule has 64 heavy (non-hydrogen) atoms. The lowest BCUT2D eigenvalue weighted by Crippen LogP contribution is -2.67. The monoisotopic (exact) mass is 943 g/mol. The molecule has 5 fully saturated rings. The molecule has 25 atom stereocenters. The highest BCUT2D eigenvalue weighted by Crippen LogP contribution is 2.38. The third-order valence-electron chi connectivity index (χ3n) is 11.7. The molecule has 1 amide bonds. The lowest BCUT2D eigenvalue weighted by atomic mass is 9.88. The maximum atomic E-state index is 11.8. The standard InChI is InChI=1S/C35H61NO28/c1-10(42)36-17-11(43)2-34(55,63-28(17)18(45)12(44)3-37)9-57-27-15(6-40)59-31(26(53)24(27)51)56-7-16-20(47)22(49)25(52)32(60-16)61-29-23(50)19(46)13(4-38)58-33(29)64-35(8-41)30(54)21(48)14(5-39)62-35/h11-33,37-41,43-55H,2-9H2,1H3,(H,36,42)/t11-,12+,13+,14+,15+,16+,17+,18+,19+,20-,21+,22-,23-,24+,25+,26+,27-,28+,29+,30-,31-,32+,33+,34-,35-/m0/s1. The summed E-state index contributed by atoms with van der Waals surface area (Å²) in [6.45, 7) is -5.65. The summed E-state index contributed by atoms with van der Waals surface area (Å²) in [5.74, 6) is -5.77. The van der Waals surface area contributed by atoms with Gasteiger partial charge in [0.1, 0.15) is 123 Å². The molecule has 0 aromatic heterocycles. The van der Waals surface area contributed by atoms with Gasteiger partial charge in [-0.25, -0.2) is 0 Å². The first kappa shape index (κ1) is 53.3. The minimum absolute atomic E-state index is 0.682. The maximum Gasteiger partial charge on any atom is 0.224 e. The molecule has 5 heterocycles. The highest BCUT2D eigenvalue weighted by molar-refractivity contribution is 5.73. The molecule has 0 radical (unpaired) electrons. The number of nitrogens with one attached hydrogen (secondary N) is 1. The summed E-state index contributed by atoms with van der Waals surface area (Å²) in [4.78, 5) is 11.8. The van der Waals surface area contributed by atoms with E-state index < -0.39 is 211 Å². The zero-order chi connectivity index (χ0) is 47.6. The van der Waals surface area contributed by atoms with E-state index >= 15 is 0 Å². The Morgan fingerprint density at radius 3 is 1.83 bits per heavy atom. The average Bonchev–Trinajstić information content (AvgIpc) is 3.51. The van der Waals surface area contributed by atoms with E-state index in [1.807, 2.05) is 0 Å². The van der Waals surface area contributed by atoms with Crippen LogP contribution in [0.5, 0.6) is 0 Å². The van der Waals surface area contributed by atoms with Crippen LogP contribution in [0.3, 0.4) is 0 Å². The van der Waals surface area contributed by atoms with Gasteiger partial charge in [0.15, 0.2) is 24.7 Å². The lowest BCUT2D eigenvalue weighted by molar-refractivity contribution is -0.409. The van der Waals surface area contributed by atoms with Gasteiger partial charge in [0.2, 0.25) is 11.7 Å². The van der Waals surface area contributed by atoms with Gasteiger partial charge >= 0.3 is 0 Å². The quantitative estimate of drug-likeness (QED) is 0.0607. The van der Waals surface area contributed by atoms with Crippen molar-refractivity contribution in [3.8, 4) is 0 Å². The van der Waals surface area contributed by atoms with Crippen LogP contribution in [0.15, 0.2) is 0 Å². The molecule has 5 aliphatic rings. The zero-order valence-corrected chi connectivity index (χ0v) is 34.1. The summed E-state index contributed by atoms with van der Waals surface area (Å²) < 4.78 is 50.1. The first-order valence-electron chi connectivity index (χ1n) is 20.2. The van der Waals surface area contributed by atoms with Crippen LogP contribution in [0.1, 0.15) is 13.3 Å². The van der Waals surface area contributed by atoms with E-state index in [0.717, 1.165) is 6.92 Å². The third kappa shape index (κ3) is 11.1. The Hall–Kier alpha value is -1.61. The van der Waals surface area contributed by atoms with E-state index in [9.17, 15) is 96.7 Å². The Morgan fingerprint density at radius 2 is 1.25 bits per heavy atom. The van der Waals surface area contributed by atoms with E-state index in [-0.39, 0.29) is 0 Å². The van der Waals surface area contributed by atoms with Gasteiger partial charge in [0, 0.05) is 13.3 Å². The van der Waals surface area contributed by atoms with E-state index in [0.29, 0.717) is 0 Å². The number of hydrogen-bond donors (Lipinski definition) is 19. The molecule has 0 saturated carbocycles. The highest BCUT2D eigenvalue weighted by Gasteiger charge is 2.60. The second-order valence-corrected chi connectivity index (χ2v) is 16.3. The Bertz CT molecular complexity index is 1470. The Morgan fingerprint density at radius 1 is 0.672 bits per heavy atom. The number of aliphatic hydroxyl groups excluding tert-OH is 17. The van der Waals surface area contributed by atoms with Crippen molar-refractivity contribution in [3.05, 3.63) is 0 Å². The largest absolute Gasteiger partial charge is 0.394 e. The van der Waals surface area contributed by atoms with E-state index in [1.54, 1.807) is 0 Å². The third-order valence-corrected chi connectivity index (χ3v) is 11.7. The van der Waals surface area contributed by atoms with E-state index in [4.69, 9.17) is 42.6 Å². The van der Waals surface area contributed by atoms with Crippen LogP contribution < -0.4 is 5.32 Å². The van der Waals surface area contributed by atoms with Gasteiger partial charge in [-0.3, -0.25) is 4.79 Å². The van der Waals surface area contributed by atoms with Crippen molar-refractivity contribution in [1.82, 2.24) is 5.32 Å². The van der Waals surface area contributed by atoms with E-state index in [1.165, 1.54) is 0 Å². The summed E-state index contributed by atoms with van der Waals surface area (Å²) in [6, 6.07) is -1.39. The van der Waals surface area contributed by atoms with Gasteiger partial charge in [-0.1, -0.05) is 0 Å². The van der Waals surface area contributed by atoms with Gasteiger partial charge in [0.25, 0.3) is 0 Å². The fourth-order valence-corrected chi connectivity index (χ4v) is 8.06. The number of carbonyl (C=O) groups is 1. The van der Waals surface area contributed by atoms with Crippen LogP contribution in [0.25, 0.3) is 0 Å². The first-order chi connectivity index (χ1) is 30.1. The molecule has 0 aliphatic carbocycles. The fourth-order valence-electron chi connectivity index (χ4n) is 8.06. The van der Waals surface area contributed by atoms with Crippen LogP contribution in [-0.4, -0.2) is 297 Å². The van der Waals surface area contributed by atoms with Crippen molar-refractivity contribution in [2.24, 2.45) is 0 Å². The molecule has 5 saturated heterocycles. The summed E-state index contributed by atoms with van der Waals surface area (Å²) >= 11 is 0. The smallest absolute Gasteiger partial charge is 0.224 e. The average molecular weight is 944 g/mol. The minimum Gasteiger partial charge on any atom is -0.394 e. The SMILES string of the molecule is CC(=O)N[C@H]1[C@H]([C@H](O)[C@H](O)CO)O[C@](O)(CO[C@@H]2[C@H](O)[C@@H](O)[C@@H](OC[C@H]3O[C@H](O[C@H]4[C@@H](O[C@]5(CO)O[C@H](CO)[C@@H](O)[C@@H]5O)O[C@H](CO)[C@@H](O)[C@@H]4O)[C@H](O)[C@@H](O)[C@H]3O)O[C@@H]2CO)C[C@@H]1O. The van der Waals surface area contributed by atoms with Gasteiger partial charge in [-0.2, -0.15) is 0 Å². The van der Waals surface area contributed by atoms with Gasteiger partial charge in [0.05, 0.1) is 45.2 Å². The second-order valence-electron chi connectivity index (χ2n) is 16.3. The molecule has 19 N–H and O–H groups in total. The normalized spacial score (nSPS) is 48.8. The predicted molar refractivity (Wildman–Crippen MR) is 195 cm³/mol. The molecule has 5 rings (SSSR count). The molecule has 0 unspecified atom stereocenters. The van der Waals surface area contributed by atoms with Crippen molar-refractivity contribution in [2.75, 3.05) is 46.2 Å². The van der Waals surface area contributed by atoms with Crippen molar-refractivity contribution in [1.29, 1.82) is 0 Å². The number of rotatable bonds is 18. The second kappa shape index (κ2) is 22.2. The molecular formula is C35H61NO28. The molecular weight excluding hydrogens is 882 g/mol. The molecule has 5 aliphatic heterocycles. The molecule has 0 aromatic rings. The van der Waals surface area contributed by atoms with Crippen LogP contribution in [-0.2, 0) is 47.4 Å². The summed E-state index contributed by atoms with van der Waals surface area (Å²) in [5, 5.41) is 191. The topological polar surface area (TPSA) is 476 Å². The highest BCUT2D eigenvalue weighted by atomic mass is 16.8. The maximum absolute atomic E-state index is 11.8. The van der Waals surface area contributed by atoms with Crippen LogP contribution in [0, 0.1) is 0 Å². The number of aliphatic hydroxyl groups is 18. The number of amides is 1. The van der Waals surface area contributed by atoms with E-state index in [2.05, 4.69) is 5.32 Å². The minimum atomic E-state index is -2.57. The van der Waals surface area contributed by atoms with Crippen molar-refractivity contribution >= 4 is 5.91 Å². The van der Waals surface area contributed by atoms with Crippen LogP contribution >= 0.6 is 0 Å². The predicted octanol–water partition coefficient (Wildman–Crippen LogP) is -12.7. The number of carbonyl (C=O) groups excluding carboxylic acids is 1. The van der Waals surface area contributed by atoms with Gasteiger partial charge in [-0.05, 0) is 0 Å². The zero-order valence-electron chi connectivity index (χ0n) is 34.1. The summed E-state index contributed by atoms with van der Waals surface area (Å²) in [5.41, 5.74) is 0. The molecule has 0 bridgehead atoms. The Kier molecular flexibility index (Phi) is 18.5.